The predicted molar refractivity (Wildman–Crippen MR) is 81.4 cm³/mol. The van der Waals surface area contributed by atoms with Crippen molar-refractivity contribution >= 4 is 23.2 Å². The third kappa shape index (κ3) is 3.18. The van der Waals surface area contributed by atoms with Crippen LogP contribution in [0.25, 0.3) is 0 Å². The molecule has 1 aliphatic rings. The van der Waals surface area contributed by atoms with Gasteiger partial charge in [-0.05, 0) is 27.2 Å². The van der Waals surface area contributed by atoms with Gasteiger partial charge in [0, 0.05) is 37.1 Å². The molecule has 7 heteroatoms. The van der Waals surface area contributed by atoms with E-state index in [9.17, 15) is 14.4 Å². The number of aryl methyl sites for hydroxylation is 1. The standard InChI is InChI=1S/C14H21N3O3S/c1-10-9-21-13(20)16(10)7-4-5-11(18)17-8-6-15-12(19)14(17,2)3/h9H,4-8H2,1-3H3,(H,15,19). The molecule has 1 aromatic rings. The highest BCUT2D eigenvalue weighted by atomic mass is 32.1. The summed E-state index contributed by atoms with van der Waals surface area (Å²) >= 11 is 1.18. The molecule has 0 aromatic carbocycles. The molecule has 0 bridgehead atoms. The number of hydrogen-bond donors (Lipinski definition) is 1. The highest BCUT2D eigenvalue weighted by molar-refractivity contribution is 7.07. The first-order valence-corrected chi connectivity index (χ1v) is 7.95. The number of amides is 2. The number of piperazine rings is 1. The lowest BCUT2D eigenvalue weighted by molar-refractivity contribution is -0.149. The van der Waals surface area contributed by atoms with Gasteiger partial charge >= 0.3 is 4.87 Å². The first-order valence-electron chi connectivity index (χ1n) is 7.07. The van der Waals surface area contributed by atoms with Gasteiger partial charge in [0.05, 0.1) is 0 Å². The van der Waals surface area contributed by atoms with Gasteiger partial charge in [-0.25, -0.2) is 0 Å². The Morgan fingerprint density at radius 2 is 2.14 bits per heavy atom. The molecule has 6 nitrogen and oxygen atoms in total. The zero-order valence-corrected chi connectivity index (χ0v) is 13.5. The van der Waals surface area contributed by atoms with E-state index in [0.717, 1.165) is 5.69 Å². The number of carbonyl (C=O) groups is 2. The van der Waals surface area contributed by atoms with Gasteiger partial charge in [0.2, 0.25) is 11.8 Å². The molecule has 21 heavy (non-hydrogen) atoms. The first kappa shape index (κ1) is 15.8. The minimum atomic E-state index is -0.801. The van der Waals surface area contributed by atoms with Crippen LogP contribution in [-0.2, 0) is 16.1 Å². The molecule has 1 saturated heterocycles. The van der Waals surface area contributed by atoms with Crippen molar-refractivity contribution in [1.82, 2.24) is 14.8 Å². The summed E-state index contributed by atoms with van der Waals surface area (Å²) in [5.74, 6) is -0.150. The van der Waals surface area contributed by atoms with Crippen LogP contribution >= 0.6 is 11.3 Å². The van der Waals surface area contributed by atoms with Gasteiger partial charge in [0.25, 0.3) is 0 Å². The fourth-order valence-electron chi connectivity index (χ4n) is 2.53. The summed E-state index contributed by atoms with van der Waals surface area (Å²) in [4.78, 5) is 37.4. The molecule has 116 valence electrons. The highest BCUT2D eigenvalue weighted by Crippen LogP contribution is 2.19. The second kappa shape index (κ2) is 6.01. The summed E-state index contributed by atoms with van der Waals surface area (Å²) in [6.07, 6.45) is 0.947. The largest absolute Gasteiger partial charge is 0.352 e. The predicted octanol–water partition coefficient (Wildman–Crippen LogP) is 0.735. The Kier molecular flexibility index (Phi) is 4.51. The number of aromatic nitrogens is 1. The van der Waals surface area contributed by atoms with Gasteiger partial charge < -0.3 is 14.8 Å². The first-order chi connectivity index (χ1) is 9.84. The average molecular weight is 311 g/mol. The van der Waals surface area contributed by atoms with E-state index in [2.05, 4.69) is 5.32 Å². The molecule has 1 N–H and O–H groups in total. The maximum Gasteiger partial charge on any atom is 0.307 e. The van der Waals surface area contributed by atoms with E-state index >= 15 is 0 Å². The van der Waals surface area contributed by atoms with E-state index in [-0.39, 0.29) is 16.7 Å². The van der Waals surface area contributed by atoms with Crippen LogP contribution in [0.1, 0.15) is 32.4 Å². The normalized spacial score (nSPS) is 17.7. The Labute approximate surface area is 127 Å². The minimum absolute atomic E-state index is 0.0117. The number of nitrogens with one attached hydrogen (secondary N) is 1. The molecule has 0 spiro atoms. The summed E-state index contributed by atoms with van der Waals surface area (Å²) < 4.78 is 1.69. The Morgan fingerprint density at radius 3 is 2.76 bits per heavy atom. The number of hydrogen-bond acceptors (Lipinski definition) is 4. The molecule has 1 aliphatic heterocycles. The van der Waals surface area contributed by atoms with E-state index in [1.165, 1.54) is 11.3 Å². The molecule has 1 aromatic heterocycles. The van der Waals surface area contributed by atoms with Crippen molar-refractivity contribution in [2.45, 2.75) is 45.7 Å². The van der Waals surface area contributed by atoms with Gasteiger partial charge in [-0.1, -0.05) is 11.3 Å². The fraction of sp³-hybridized carbons (Fsp3) is 0.643. The minimum Gasteiger partial charge on any atom is -0.352 e. The Hall–Kier alpha value is -1.63. The molecule has 0 radical (unpaired) electrons. The summed E-state index contributed by atoms with van der Waals surface area (Å²) in [6.45, 7) is 6.98. The zero-order valence-electron chi connectivity index (χ0n) is 12.6. The third-order valence-corrected chi connectivity index (χ3v) is 4.78. The van der Waals surface area contributed by atoms with Crippen molar-refractivity contribution in [2.24, 2.45) is 0 Å². The van der Waals surface area contributed by atoms with Gasteiger partial charge in [0.1, 0.15) is 5.54 Å². The van der Waals surface area contributed by atoms with Gasteiger partial charge in [-0.2, -0.15) is 0 Å². The van der Waals surface area contributed by atoms with Crippen molar-refractivity contribution in [3.8, 4) is 0 Å². The number of rotatable bonds is 4. The molecular formula is C14H21N3O3S. The average Bonchev–Trinajstić information content (AvgIpc) is 2.73. The van der Waals surface area contributed by atoms with E-state index in [4.69, 9.17) is 0 Å². The molecule has 2 rings (SSSR count). The third-order valence-electron chi connectivity index (χ3n) is 3.90. The summed E-state index contributed by atoms with van der Waals surface area (Å²) in [5, 5.41) is 4.60. The van der Waals surface area contributed by atoms with Crippen LogP contribution in [-0.4, -0.2) is 39.9 Å². The lowest BCUT2D eigenvalue weighted by atomic mass is 9.98. The van der Waals surface area contributed by atoms with Gasteiger partial charge in [0.15, 0.2) is 0 Å². The van der Waals surface area contributed by atoms with E-state index in [1.54, 1.807) is 23.3 Å². The maximum absolute atomic E-state index is 12.3. The van der Waals surface area contributed by atoms with Crippen LogP contribution in [0.4, 0.5) is 0 Å². The molecule has 0 saturated carbocycles. The number of thiazole rings is 1. The molecule has 2 heterocycles. The van der Waals surface area contributed by atoms with Crippen LogP contribution in [0.3, 0.4) is 0 Å². The van der Waals surface area contributed by atoms with Crippen LogP contribution < -0.4 is 10.2 Å². The summed E-state index contributed by atoms with van der Waals surface area (Å²) in [6, 6.07) is 0. The van der Waals surface area contributed by atoms with E-state index in [0.29, 0.717) is 32.5 Å². The number of carbonyl (C=O) groups excluding carboxylic acids is 2. The monoisotopic (exact) mass is 311 g/mol. The number of nitrogens with zero attached hydrogens (tertiary/aromatic N) is 2. The van der Waals surface area contributed by atoms with Crippen molar-refractivity contribution in [1.29, 1.82) is 0 Å². The van der Waals surface area contributed by atoms with E-state index in [1.807, 2.05) is 12.3 Å². The lowest BCUT2D eigenvalue weighted by Gasteiger charge is -2.41. The van der Waals surface area contributed by atoms with Crippen LogP contribution in [0, 0.1) is 6.92 Å². The van der Waals surface area contributed by atoms with Crippen molar-refractivity contribution in [3.63, 3.8) is 0 Å². The maximum atomic E-state index is 12.3. The molecule has 1 fully saturated rings. The highest BCUT2D eigenvalue weighted by Gasteiger charge is 2.39. The van der Waals surface area contributed by atoms with Crippen molar-refractivity contribution in [3.05, 3.63) is 20.7 Å². The molecule has 0 atom stereocenters. The quantitative estimate of drug-likeness (QED) is 0.891. The van der Waals surface area contributed by atoms with Gasteiger partial charge in [-0.15, -0.1) is 0 Å². The second-order valence-electron chi connectivity index (χ2n) is 5.76. The van der Waals surface area contributed by atoms with Crippen LogP contribution in [0.2, 0.25) is 0 Å². The zero-order chi connectivity index (χ0) is 15.6. The Bertz CT molecular complexity index is 603. The second-order valence-corrected chi connectivity index (χ2v) is 6.58. The SMILES string of the molecule is Cc1csc(=O)n1CCCC(=O)N1CCNC(=O)C1(C)C. The van der Waals surface area contributed by atoms with Crippen LogP contribution in [0.5, 0.6) is 0 Å². The van der Waals surface area contributed by atoms with Crippen LogP contribution in [0.15, 0.2) is 10.2 Å². The Morgan fingerprint density at radius 1 is 1.43 bits per heavy atom. The Balaban J connectivity index is 1.93. The lowest BCUT2D eigenvalue weighted by Crippen LogP contribution is -2.63. The summed E-state index contributed by atoms with van der Waals surface area (Å²) in [5.41, 5.74) is 0.125. The summed E-state index contributed by atoms with van der Waals surface area (Å²) in [7, 11) is 0. The molecule has 0 aliphatic carbocycles. The topological polar surface area (TPSA) is 71.4 Å². The smallest absolute Gasteiger partial charge is 0.307 e. The molecule has 2 amide bonds. The fourth-order valence-corrected chi connectivity index (χ4v) is 3.30. The van der Waals surface area contributed by atoms with E-state index < -0.39 is 5.54 Å². The van der Waals surface area contributed by atoms with Crippen molar-refractivity contribution < 1.29 is 9.59 Å². The molecular weight excluding hydrogens is 290 g/mol. The van der Waals surface area contributed by atoms with Gasteiger partial charge in [-0.3, -0.25) is 14.4 Å². The van der Waals surface area contributed by atoms with Crippen molar-refractivity contribution in [2.75, 3.05) is 13.1 Å². The molecule has 0 unspecified atom stereocenters.